The van der Waals surface area contributed by atoms with Crippen molar-refractivity contribution in [3.63, 3.8) is 0 Å². The molecule has 0 saturated carbocycles. The SMILES string of the molecule is Cc1oc(-c2ccco2)nc1CC(=O)N[C@@H](Cc1ccccc1)C(=O)O. The molecule has 134 valence electrons. The Morgan fingerprint density at radius 3 is 2.62 bits per heavy atom. The molecule has 1 amide bonds. The molecular weight excluding hydrogens is 336 g/mol. The fraction of sp³-hybridized carbons (Fsp3) is 0.211. The molecule has 7 nitrogen and oxygen atoms in total. The Hall–Kier alpha value is -3.35. The van der Waals surface area contributed by atoms with Crippen molar-refractivity contribution in [3.05, 3.63) is 65.7 Å². The van der Waals surface area contributed by atoms with Gasteiger partial charge in [-0.15, -0.1) is 0 Å². The first-order valence-corrected chi connectivity index (χ1v) is 8.09. The van der Waals surface area contributed by atoms with E-state index in [4.69, 9.17) is 8.83 Å². The molecule has 1 aromatic carbocycles. The number of nitrogens with one attached hydrogen (secondary N) is 1. The van der Waals surface area contributed by atoms with Gasteiger partial charge in [0.25, 0.3) is 5.89 Å². The van der Waals surface area contributed by atoms with Gasteiger partial charge < -0.3 is 19.3 Å². The highest BCUT2D eigenvalue weighted by Crippen LogP contribution is 2.22. The third-order valence-corrected chi connectivity index (χ3v) is 3.87. The molecule has 7 heteroatoms. The van der Waals surface area contributed by atoms with Crippen molar-refractivity contribution in [1.29, 1.82) is 0 Å². The Kier molecular flexibility index (Phi) is 5.17. The normalized spacial score (nSPS) is 11.9. The molecule has 2 N–H and O–H groups in total. The Morgan fingerprint density at radius 2 is 1.96 bits per heavy atom. The molecule has 0 bridgehead atoms. The van der Waals surface area contributed by atoms with Gasteiger partial charge in [0, 0.05) is 6.42 Å². The zero-order chi connectivity index (χ0) is 18.5. The van der Waals surface area contributed by atoms with Gasteiger partial charge in [0.1, 0.15) is 11.8 Å². The molecule has 0 aliphatic rings. The molecule has 3 aromatic rings. The van der Waals surface area contributed by atoms with Crippen LogP contribution in [0.4, 0.5) is 0 Å². The number of carbonyl (C=O) groups excluding carboxylic acids is 1. The number of oxazole rings is 1. The third-order valence-electron chi connectivity index (χ3n) is 3.87. The summed E-state index contributed by atoms with van der Waals surface area (Å²) in [6.45, 7) is 1.70. The molecule has 0 radical (unpaired) electrons. The van der Waals surface area contributed by atoms with Crippen LogP contribution in [0, 0.1) is 6.92 Å². The van der Waals surface area contributed by atoms with Crippen LogP contribution < -0.4 is 5.32 Å². The van der Waals surface area contributed by atoms with Crippen molar-refractivity contribution in [3.8, 4) is 11.7 Å². The van der Waals surface area contributed by atoms with Gasteiger partial charge in [0.05, 0.1) is 18.4 Å². The second-order valence-electron chi connectivity index (χ2n) is 5.82. The van der Waals surface area contributed by atoms with Crippen molar-refractivity contribution in [1.82, 2.24) is 10.3 Å². The Balaban J connectivity index is 1.66. The lowest BCUT2D eigenvalue weighted by molar-refractivity contribution is -0.141. The van der Waals surface area contributed by atoms with Gasteiger partial charge in [-0.25, -0.2) is 9.78 Å². The van der Waals surface area contributed by atoms with Gasteiger partial charge >= 0.3 is 5.97 Å². The minimum Gasteiger partial charge on any atom is -0.480 e. The molecular formula is C19H18N2O5. The lowest BCUT2D eigenvalue weighted by Crippen LogP contribution is -2.43. The first-order chi connectivity index (χ1) is 12.5. The van der Waals surface area contributed by atoms with Gasteiger partial charge in [-0.05, 0) is 24.6 Å². The molecule has 0 aliphatic carbocycles. The molecule has 1 atom stereocenters. The van der Waals surface area contributed by atoms with E-state index in [0.29, 0.717) is 17.2 Å². The summed E-state index contributed by atoms with van der Waals surface area (Å²) in [5, 5.41) is 11.9. The second kappa shape index (κ2) is 7.69. The summed E-state index contributed by atoms with van der Waals surface area (Å²) in [4.78, 5) is 28.0. The number of hydrogen-bond donors (Lipinski definition) is 2. The predicted octanol–water partition coefficient (Wildman–Crippen LogP) is 2.60. The van der Waals surface area contributed by atoms with Gasteiger partial charge in [-0.2, -0.15) is 0 Å². The van der Waals surface area contributed by atoms with Crippen molar-refractivity contribution in [2.45, 2.75) is 25.8 Å². The number of carboxylic acid groups (broad SMARTS) is 1. The van der Waals surface area contributed by atoms with Crippen LogP contribution in [-0.2, 0) is 22.4 Å². The summed E-state index contributed by atoms with van der Waals surface area (Å²) in [5.74, 6) is -0.283. The quantitative estimate of drug-likeness (QED) is 0.675. The minimum absolute atomic E-state index is 0.0748. The van der Waals surface area contributed by atoms with E-state index < -0.39 is 17.9 Å². The van der Waals surface area contributed by atoms with E-state index in [0.717, 1.165) is 5.56 Å². The van der Waals surface area contributed by atoms with Gasteiger partial charge in [-0.3, -0.25) is 4.79 Å². The molecule has 2 aromatic heterocycles. The number of amides is 1. The van der Waals surface area contributed by atoms with E-state index in [2.05, 4.69) is 10.3 Å². The lowest BCUT2D eigenvalue weighted by atomic mass is 10.1. The average Bonchev–Trinajstić information content (AvgIpc) is 3.25. The summed E-state index contributed by atoms with van der Waals surface area (Å²) in [6.07, 6.45) is 1.63. The highest BCUT2D eigenvalue weighted by Gasteiger charge is 2.22. The third kappa shape index (κ3) is 4.18. The molecule has 0 spiro atoms. The van der Waals surface area contributed by atoms with Crippen LogP contribution in [0.2, 0.25) is 0 Å². The summed E-state index contributed by atoms with van der Waals surface area (Å²) in [6, 6.07) is 11.5. The first-order valence-electron chi connectivity index (χ1n) is 8.09. The smallest absolute Gasteiger partial charge is 0.326 e. The van der Waals surface area contributed by atoms with Crippen LogP contribution in [0.1, 0.15) is 17.0 Å². The fourth-order valence-electron chi connectivity index (χ4n) is 2.54. The van der Waals surface area contributed by atoms with Gasteiger partial charge in [-0.1, -0.05) is 30.3 Å². The van der Waals surface area contributed by atoms with Crippen molar-refractivity contribution >= 4 is 11.9 Å². The number of carboxylic acids is 1. The van der Waals surface area contributed by atoms with Crippen LogP contribution in [0.3, 0.4) is 0 Å². The molecule has 2 heterocycles. The minimum atomic E-state index is -1.09. The van der Waals surface area contributed by atoms with Crippen LogP contribution in [-0.4, -0.2) is 28.0 Å². The number of benzene rings is 1. The molecule has 0 fully saturated rings. The van der Waals surface area contributed by atoms with E-state index in [9.17, 15) is 14.7 Å². The standard InChI is InChI=1S/C19H18N2O5/c1-12-14(21-18(26-12)16-8-5-9-25-16)11-17(22)20-15(19(23)24)10-13-6-3-2-4-7-13/h2-9,15H,10-11H2,1H3,(H,20,22)(H,23,24)/t15-/m0/s1. The number of carbonyl (C=O) groups is 2. The zero-order valence-electron chi connectivity index (χ0n) is 14.1. The Morgan fingerprint density at radius 1 is 1.19 bits per heavy atom. The van der Waals surface area contributed by atoms with Crippen LogP contribution >= 0.6 is 0 Å². The number of hydrogen-bond acceptors (Lipinski definition) is 5. The monoisotopic (exact) mass is 354 g/mol. The van der Waals surface area contributed by atoms with Gasteiger partial charge in [0.15, 0.2) is 5.76 Å². The Bertz CT molecular complexity index is 884. The highest BCUT2D eigenvalue weighted by atomic mass is 16.4. The van der Waals surface area contributed by atoms with E-state index in [-0.39, 0.29) is 18.7 Å². The largest absolute Gasteiger partial charge is 0.480 e. The lowest BCUT2D eigenvalue weighted by Gasteiger charge is -2.14. The van der Waals surface area contributed by atoms with Crippen LogP contribution in [0.5, 0.6) is 0 Å². The summed E-state index contributed by atoms with van der Waals surface area (Å²) in [5.41, 5.74) is 1.27. The summed E-state index contributed by atoms with van der Waals surface area (Å²) < 4.78 is 10.7. The topological polar surface area (TPSA) is 106 Å². The van der Waals surface area contributed by atoms with E-state index in [1.807, 2.05) is 30.3 Å². The molecule has 0 aliphatic heterocycles. The zero-order valence-corrected chi connectivity index (χ0v) is 14.1. The molecule has 26 heavy (non-hydrogen) atoms. The number of rotatable bonds is 7. The fourth-order valence-corrected chi connectivity index (χ4v) is 2.54. The van der Waals surface area contributed by atoms with Crippen molar-refractivity contribution < 1.29 is 23.5 Å². The molecule has 0 unspecified atom stereocenters. The highest BCUT2D eigenvalue weighted by molar-refractivity contribution is 5.85. The maximum absolute atomic E-state index is 12.3. The summed E-state index contributed by atoms with van der Waals surface area (Å²) in [7, 11) is 0. The second-order valence-corrected chi connectivity index (χ2v) is 5.82. The van der Waals surface area contributed by atoms with Crippen LogP contribution in [0.25, 0.3) is 11.7 Å². The van der Waals surface area contributed by atoms with E-state index >= 15 is 0 Å². The van der Waals surface area contributed by atoms with Crippen LogP contribution in [0.15, 0.2) is 57.6 Å². The summed E-state index contributed by atoms with van der Waals surface area (Å²) >= 11 is 0. The number of aromatic nitrogens is 1. The van der Waals surface area contributed by atoms with Crippen molar-refractivity contribution in [2.75, 3.05) is 0 Å². The molecule has 0 saturated heterocycles. The van der Waals surface area contributed by atoms with Crippen molar-refractivity contribution in [2.24, 2.45) is 0 Å². The predicted molar refractivity (Wildman–Crippen MR) is 92.4 cm³/mol. The average molecular weight is 354 g/mol. The number of aryl methyl sites for hydroxylation is 1. The number of furan rings is 1. The number of nitrogens with zero attached hydrogens (tertiary/aromatic N) is 1. The maximum Gasteiger partial charge on any atom is 0.326 e. The Labute approximate surface area is 149 Å². The van der Waals surface area contributed by atoms with Gasteiger partial charge in [0.2, 0.25) is 5.91 Å². The first kappa shape index (κ1) is 17.5. The van der Waals surface area contributed by atoms with E-state index in [1.54, 1.807) is 19.1 Å². The maximum atomic E-state index is 12.3. The van der Waals surface area contributed by atoms with E-state index in [1.165, 1.54) is 6.26 Å². The molecule has 3 rings (SSSR count). The number of aliphatic carboxylic acids is 1.